The van der Waals surface area contributed by atoms with E-state index in [-0.39, 0.29) is 11.6 Å². The second-order valence-corrected chi connectivity index (χ2v) is 6.03. The summed E-state index contributed by atoms with van der Waals surface area (Å²) in [7, 11) is 0. The van der Waals surface area contributed by atoms with Crippen LogP contribution in [0.2, 0.25) is 0 Å². The molecule has 1 aliphatic heterocycles. The summed E-state index contributed by atoms with van der Waals surface area (Å²) in [5, 5.41) is 2.82. The molecule has 2 N–H and O–H groups in total. The third kappa shape index (κ3) is 4.15. The largest absolute Gasteiger partial charge is 0.465 e. The van der Waals surface area contributed by atoms with E-state index in [4.69, 9.17) is 9.15 Å². The van der Waals surface area contributed by atoms with Crippen LogP contribution >= 0.6 is 0 Å². The molecule has 2 aromatic heterocycles. The highest BCUT2D eigenvalue weighted by Gasteiger charge is 2.26. The van der Waals surface area contributed by atoms with E-state index in [1.54, 1.807) is 6.92 Å². The number of H-pyrrole nitrogens is 1. The van der Waals surface area contributed by atoms with Gasteiger partial charge in [-0.2, -0.15) is 0 Å². The van der Waals surface area contributed by atoms with Crippen LogP contribution in [0.15, 0.2) is 27.5 Å². The Morgan fingerprint density at radius 2 is 2.12 bits per heavy atom. The van der Waals surface area contributed by atoms with Gasteiger partial charge >= 0.3 is 0 Å². The van der Waals surface area contributed by atoms with Crippen molar-refractivity contribution in [3.05, 3.63) is 51.6 Å². The summed E-state index contributed by atoms with van der Waals surface area (Å²) in [6.07, 6.45) is 1.30. The molecule has 1 amide bonds. The molecule has 8 nitrogen and oxygen atoms in total. The highest BCUT2D eigenvalue weighted by Crippen LogP contribution is 2.23. The number of nitrogens with zero attached hydrogens (tertiary/aromatic N) is 2. The predicted octanol–water partition coefficient (Wildman–Crippen LogP) is 0.783. The maximum atomic E-state index is 12.4. The maximum absolute atomic E-state index is 12.4. The molecule has 0 aliphatic carbocycles. The van der Waals surface area contributed by atoms with Crippen LogP contribution in [0.3, 0.4) is 0 Å². The van der Waals surface area contributed by atoms with Crippen molar-refractivity contribution >= 4 is 5.91 Å². The number of carbonyl (C=O) groups is 1. The lowest BCUT2D eigenvalue weighted by Crippen LogP contribution is -2.44. The fraction of sp³-hybridized carbons (Fsp3) is 0.471. The lowest BCUT2D eigenvalue weighted by Gasteiger charge is -2.33. The third-order valence-corrected chi connectivity index (χ3v) is 4.20. The molecule has 3 heterocycles. The zero-order valence-corrected chi connectivity index (χ0v) is 14.4. The van der Waals surface area contributed by atoms with Crippen LogP contribution in [0.25, 0.3) is 0 Å². The van der Waals surface area contributed by atoms with Crippen molar-refractivity contribution in [2.75, 3.05) is 32.8 Å². The summed E-state index contributed by atoms with van der Waals surface area (Å²) < 4.78 is 11.2. The molecule has 1 saturated heterocycles. The molecule has 0 aromatic carbocycles. The standard InChI is InChI=1S/C17H22N4O4/c1-11-3-4-15(25-11)14(21-5-7-24-8-6-21)10-19-16(22)13-9-18-12(2)20-17(13)23/h3-4,9,14H,5-8,10H2,1-2H3,(H,19,22)(H,18,20,23)/t14-/m1/s1. The number of hydrogen-bond acceptors (Lipinski definition) is 6. The lowest BCUT2D eigenvalue weighted by molar-refractivity contribution is 0.0117. The number of hydrogen-bond donors (Lipinski definition) is 2. The molecular weight excluding hydrogens is 324 g/mol. The van der Waals surface area contributed by atoms with Crippen LogP contribution in [0.5, 0.6) is 0 Å². The first-order valence-corrected chi connectivity index (χ1v) is 8.27. The van der Waals surface area contributed by atoms with Gasteiger partial charge in [0.15, 0.2) is 0 Å². The average Bonchev–Trinajstić information content (AvgIpc) is 3.02. The van der Waals surface area contributed by atoms with Gasteiger partial charge in [0.05, 0.1) is 19.3 Å². The number of furan rings is 1. The first-order valence-electron chi connectivity index (χ1n) is 8.27. The molecule has 0 unspecified atom stereocenters. The van der Waals surface area contributed by atoms with Crippen molar-refractivity contribution in [2.45, 2.75) is 19.9 Å². The normalized spacial score (nSPS) is 16.6. The number of rotatable bonds is 5. The molecule has 0 bridgehead atoms. The number of aryl methyl sites for hydroxylation is 2. The Kier molecular flexibility index (Phi) is 5.30. The Morgan fingerprint density at radius 1 is 1.36 bits per heavy atom. The monoisotopic (exact) mass is 346 g/mol. The van der Waals surface area contributed by atoms with Gasteiger partial charge in [-0.25, -0.2) is 4.98 Å². The predicted molar refractivity (Wildman–Crippen MR) is 90.5 cm³/mol. The summed E-state index contributed by atoms with van der Waals surface area (Å²) in [5.74, 6) is 1.63. The molecule has 8 heteroatoms. The number of morpholine rings is 1. The van der Waals surface area contributed by atoms with Gasteiger partial charge in [-0.15, -0.1) is 0 Å². The van der Waals surface area contributed by atoms with Crippen LogP contribution in [0, 0.1) is 13.8 Å². The van der Waals surface area contributed by atoms with Gasteiger partial charge in [0.1, 0.15) is 22.9 Å². The minimum absolute atomic E-state index is 0.00181. The Morgan fingerprint density at radius 3 is 2.76 bits per heavy atom. The molecule has 25 heavy (non-hydrogen) atoms. The van der Waals surface area contributed by atoms with Crippen molar-refractivity contribution in [3.8, 4) is 0 Å². The summed E-state index contributed by atoms with van der Waals surface area (Å²) in [6.45, 7) is 6.68. The van der Waals surface area contributed by atoms with E-state index in [2.05, 4.69) is 20.2 Å². The number of carbonyl (C=O) groups excluding carboxylic acids is 1. The topological polar surface area (TPSA) is 100 Å². The van der Waals surface area contributed by atoms with Crippen LogP contribution in [-0.2, 0) is 4.74 Å². The van der Waals surface area contributed by atoms with Gasteiger partial charge in [-0.05, 0) is 26.0 Å². The Balaban J connectivity index is 1.73. The zero-order chi connectivity index (χ0) is 17.8. The van der Waals surface area contributed by atoms with Gasteiger partial charge in [0.2, 0.25) is 0 Å². The third-order valence-electron chi connectivity index (χ3n) is 4.20. The number of ether oxygens (including phenoxy) is 1. The number of aromatic amines is 1. The van der Waals surface area contributed by atoms with E-state index in [1.165, 1.54) is 6.20 Å². The smallest absolute Gasteiger partial charge is 0.263 e. The van der Waals surface area contributed by atoms with E-state index in [9.17, 15) is 9.59 Å². The Bertz CT molecular complexity index is 792. The summed E-state index contributed by atoms with van der Waals surface area (Å²) in [4.78, 5) is 33.0. The van der Waals surface area contributed by atoms with E-state index < -0.39 is 11.5 Å². The van der Waals surface area contributed by atoms with E-state index in [0.717, 1.165) is 24.6 Å². The van der Waals surface area contributed by atoms with Gasteiger partial charge in [0, 0.05) is 25.8 Å². The van der Waals surface area contributed by atoms with Crippen molar-refractivity contribution in [1.29, 1.82) is 0 Å². The summed E-state index contributed by atoms with van der Waals surface area (Å²) in [6, 6.07) is 3.71. The van der Waals surface area contributed by atoms with Gasteiger partial charge in [-0.1, -0.05) is 0 Å². The number of amides is 1. The highest BCUT2D eigenvalue weighted by molar-refractivity contribution is 5.93. The van der Waals surface area contributed by atoms with Gasteiger partial charge < -0.3 is 19.5 Å². The molecule has 3 rings (SSSR count). The zero-order valence-electron chi connectivity index (χ0n) is 14.4. The summed E-state index contributed by atoms with van der Waals surface area (Å²) in [5.41, 5.74) is -0.441. The number of aromatic nitrogens is 2. The Labute approximate surface area is 145 Å². The molecule has 2 aromatic rings. The number of nitrogens with one attached hydrogen (secondary N) is 2. The van der Waals surface area contributed by atoms with Gasteiger partial charge in [-0.3, -0.25) is 14.5 Å². The maximum Gasteiger partial charge on any atom is 0.263 e. The molecule has 134 valence electrons. The average molecular weight is 346 g/mol. The second kappa shape index (κ2) is 7.62. The molecular formula is C17H22N4O4. The second-order valence-electron chi connectivity index (χ2n) is 6.03. The highest BCUT2D eigenvalue weighted by atomic mass is 16.5. The van der Waals surface area contributed by atoms with Crippen molar-refractivity contribution in [2.24, 2.45) is 0 Å². The molecule has 0 saturated carbocycles. The van der Waals surface area contributed by atoms with E-state index in [1.807, 2.05) is 19.1 Å². The first-order chi connectivity index (χ1) is 12.0. The Hall–Kier alpha value is -2.45. The van der Waals surface area contributed by atoms with E-state index in [0.29, 0.717) is 25.6 Å². The quantitative estimate of drug-likeness (QED) is 0.830. The van der Waals surface area contributed by atoms with Crippen LogP contribution < -0.4 is 10.9 Å². The van der Waals surface area contributed by atoms with Crippen LogP contribution in [0.4, 0.5) is 0 Å². The molecule has 0 radical (unpaired) electrons. The molecule has 1 aliphatic rings. The SMILES string of the molecule is Cc1ncc(C(=O)NC[C@H](c2ccc(C)o2)N2CCOCC2)c(=O)[nH]1. The van der Waals surface area contributed by atoms with Crippen molar-refractivity contribution in [3.63, 3.8) is 0 Å². The minimum atomic E-state index is -0.449. The molecule has 0 spiro atoms. The van der Waals surface area contributed by atoms with Gasteiger partial charge in [0.25, 0.3) is 11.5 Å². The van der Waals surface area contributed by atoms with Crippen LogP contribution in [-0.4, -0.2) is 53.6 Å². The van der Waals surface area contributed by atoms with Crippen molar-refractivity contribution < 1.29 is 13.9 Å². The van der Waals surface area contributed by atoms with Crippen molar-refractivity contribution in [1.82, 2.24) is 20.2 Å². The van der Waals surface area contributed by atoms with E-state index >= 15 is 0 Å². The fourth-order valence-corrected chi connectivity index (χ4v) is 2.86. The minimum Gasteiger partial charge on any atom is -0.465 e. The molecule has 1 atom stereocenters. The summed E-state index contributed by atoms with van der Waals surface area (Å²) >= 11 is 0. The molecule has 1 fully saturated rings. The first kappa shape index (κ1) is 17.4. The lowest BCUT2D eigenvalue weighted by atomic mass is 10.1. The fourth-order valence-electron chi connectivity index (χ4n) is 2.86. The van der Waals surface area contributed by atoms with Crippen LogP contribution in [0.1, 0.15) is 33.7 Å².